The number of carbonyl (C=O) groups excluding carboxylic acids is 1. The highest BCUT2D eigenvalue weighted by atomic mass is 32.2. The number of furan rings is 1. The molecule has 7 nitrogen and oxygen atoms in total. The fourth-order valence-electron chi connectivity index (χ4n) is 4.40. The highest BCUT2D eigenvalue weighted by Gasteiger charge is 2.31. The van der Waals surface area contributed by atoms with Gasteiger partial charge in [0.2, 0.25) is 0 Å². The number of anilines is 1. The van der Waals surface area contributed by atoms with Gasteiger partial charge in [-0.25, -0.2) is 13.4 Å². The molecule has 4 heterocycles. The predicted octanol–water partition coefficient (Wildman–Crippen LogP) is 5.10. The Morgan fingerprint density at radius 1 is 1.21 bits per heavy atom. The van der Waals surface area contributed by atoms with Crippen molar-refractivity contribution in [1.82, 2.24) is 9.55 Å². The summed E-state index contributed by atoms with van der Waals surface area (Å²) in [5.74, 6) is 0.419. The first kappa shape index (κ1) is 21.7. The van der Waals surface area contributed by atoms with Crippen molar-refractivity contribution in [3.63, 3.8) is 0 Å². The molecule has 0 spiro atoms. The summed E-state index contributed by atoms with van der Waals surface area (Å²) in [6, 6.07) is 12.9. The van der Waals surface area contributed by atoms with Crippen LogP contribution in [-0.4, -0.2) is 35.4 Å². The summed E-state index contributed by atoms with van der Waals surface area (Å²) >= 11 is 1.55. The van der Waals surface area contributed by atoms with Crippen LogP contribution in [0.4, 0.5) is 5.69 Å². The van der Waals surface area contributed by atoms with Gasteiger partial charge in [-0.05, 0) is 62.7 Å². The Morgan fingerprint density at radius 2 is 2.00 bits per heavy atom. The van der Waals surface area contributed by atoms with Gasteiger partial charge in [0.25, 0.3) is 5.91 Å². The molecule has 0 saturated carbocycles. The number of carbonyl (C=O) groups is 1. The van der Waals surface area contributed by atoms with Crippen molar-refractivity contribution < 1.29 is 17.6 Å². The summed E-state index contributed by atoms with van der Waals surface area (Å²) in [5, 5.41) is 5.71. The second-order valence-corrected chi connectivity index (χ2v) is 11.3. The van der Waals surface area contributed by atoms with Gasteiger partial charge in [0, 0.05) is 39.6 Å². The van der Waals surface area contributed by atoms with Gasteiger partial charge in [0.15, 0.2) is 15.6 Å². The summed E-state index contributed by atoms with van der Waals surface area (Å²) in [5.41, 5.74) is 5.63. The van der Waals surface area contributed by atoms with E-state index in [0.29, 0.717) is 12.1 Å². The molecule has 1 N–H and O–H groups in total. The SMILES string of the molecule is Cc1cc(-c2csc(-c3ccc(NC(=O)c4ccco4)cc3)n2)c(C)n1[C@@H]1CCS(=O)(=O)C1. The molecular weight excluding hydrogens is 458 g/mol. The van der Waals surface area contributed by atoms with Crippen LogP contribution in [0.15, 0.2) is 58.5 Å². The first-order valence-corrected chi connectivity index (χ1v) is 13.3. The standard InChI is InChI=1S/C24H23N3O4S2/c1-15-12-20(16(2)27(15)19-9-11-33(29,30)14-19)21-13-32-24(26-21)17-5-7-18(8-6-17)25-23(28)22-4-3-10-31-22/h3-8,10,12-13,19H,9,11,14H2,1-2H3,(H,25,28)/t19-/m1/s1. The first-order valence-electron chi connectivity index (χ1n) is 10.6. The Kier molecular flexibility index (Phi) is 5.46. The van der Waals surface area contributed by atoms with E-state index in [9.17, 15) is 13.2 Å². The van der Waals surface area contributed by atoms with Gasteiger partial charge in [-0.15, -0.1) is 11.3 Å². The second-order valence-electron chi connectivity index (χ2n) is 8.26. The lowest BCUT2D eigenvalue weighted by atomic mass is 10.2. The van der Waals surface area contributed by atoms with Crippen LogP contribution < -0.4 is 5.32 Å². The molecule has 170 valence electrons. The van der Waals surface area contributed by atoms with Gasteiger partial charge in [-0.2, -0.15) is 0 Å². The maximum absolute atomic E-state index is 12.1. The minimum absolute atomic E-state index is 0.00853. The van der Waals surface area contributed by atoms with Gasteiger partial charge in [0.05, 0.1) is 23.5 Å². The van der Waals surface area contributed by atoms with E-state index in [1.54, 1.807) is 23.5 Å². The van der Waals surface area contributed by atoms with Crippen LogP contribution in [0, 0.1) is 13.8 Å². The summed E-state index contributed by atoms with van der Waals surface area (Å²) in [4.78, 5) is 17.0. The third kappa shape index (κ3) is 4.26. The molecule has 1 atom stereocenters. The number of sulfone groups is 1. The van der Waals surface area contributed by atoms with Gasteiger partial charge in [0.1, 0.15) is 5.01 Å². The summed E-state index contributed by atoms with van der Waals surface area (Å²) in [6.45, 7) is 4.05. The minimum Gasteiger partial charge on any atom is -0.459 e. The van der Waals surface area contributed by atoms with E-state index in [1.165, 1.54) is 6.26 Å². The lowest BCUT2D eigenvalue weighted by molar-refractivity contribution is 0.0996. The number of nitrogens with one attached hydrogen (secondary N) is 1. The summed E-state index contributed by atoms with van der Waals surface area (Å²) in [7, 11) is -2.95. The topological polar surface area (TPSA) is 94.2 Å². The molecule has 1 aliphatic rings. The van der Waals surface area contributed by atoms with E-state index in [-0.39, 0.29) is 29.2 Å². The van der Waals surface area contributed by atoms with Crippen LogP contribution >= 0.6 is 11.3 Å². The third-order valence-electron chi connectivity index (χ3n) is 5.97. The van der Waals surface area contributed by atoms with E-state index in [1.807, 2.05) is 43.5 Å². The maximum Gasteiger partial charge on any atom is 0.291 e. The fraction of sp³-hybridized carbons (Fsp3) is 0.250. The van der Waals surface area contributed by atoms with Crippen LogP contribution in [0.5, 0.6) is 0 Å². The Morgan fingerprint density at radius 3 is 2.67 bits per heavy atom. The molecule has 0 aliphatic carbocycles. The molecule has 0 unspecified atom stereocenters. The molecule has 9 heteroatoms. The normalized spacial score (nSPS) is 17.3. The van der Waals surface area contributed by atoms with Crippen LogP contribution in [-0.2, 0) is 9.84 Å². The molecule has 0 bridgehead atoms. The molecule has 3 aromatic heterocycles. The van der Waals surface area contributed by atoms with Crippen molar-refractivity contribution in [2.24, 2.45) is 0 Å². The van der Waals surface area contributed by atoms with Crippen molar-refractivity contribution in [2.75, 3.05) is 16.8 Å². The molecule has 5 rings (SSSR count). The molecule has 1 fully saturated rings. The van der Waals surface area contributed by atoms with E-state index >= 15 is 0 Å². The Balaban J connectivity index is 1.35. The minimum atomic E-state index is -2.95. The average Bonchev–Trinajstić information content (AvgIpc) is 3.56. The highest BCUT2D eigenvalue weighted by molar-refractivity contribution is 7.91. The quantitative estimate of drug-likeness (QED) is 0.428. The summed E-state index contributed by atoms with van der Waals surface area (Å²) < 4.78 is 31.2. The number of hydrogen-bond acceptors (Lipinski definition) is 6. The van der Waals surface area contributed by atoms with Gasteiger partial charge >= 0.3 is 0 Å². The van der Waals surface area contributed by atoms with E-state index in [0.717, 1.165) is 33.2 Å². The number of amides is 1. The largest absolute Gasteiger partial charge is 0.459 e. The Hall–Kier alpha value is -3.17. The first-order chi connectivity index (χ1) is 15.8. The highest BCUT2D eigenvalue weighted by Crippen LogP contribution is 2.35. The van der Waals surface area contributed by atoms with Crippen LogP contribution in [0.1, 0.15) is 34.4 Å². The van der Waals surface area contributed by atoms with E-state index in [2.05, 4.69) is 16.0 Å². The van der Waals surface area contributed by atoms with Gasteiger partial charge in [-0.3, -0.25) is 4.79 Å². The molecule has 1 aliphatic heterocycles. The van der Waals surface area contributed by atoms with Gasteiger partial charge < -0.3 is 14.3 Å². The van der Waals surface area contributed by atoms with Crippen molar-refractivity contribution in [3.05, 3.63) is 71.3 Å². The smallest absolute Gasteiger partial charge is 0.291 e. The number of aromatic nitrogens is 2. The maximum atomic E-state index is 12.1. The zero-order chi connectivity index (χ0) is 23.2. The van der Waals surface area contributed by atoms with E-state index in [4.69, 9.17) is 9.40 Å². The van der Waals surface area contributed by atoms with E-state index < -0.39 is 9.84 Å². The number of hydrogen-bond donors (Lipinski definition) is 1. The molecular formula is C24H23N3O4S2. The number of nitrogens with zero attached hydrogens (tertiary/aromatic N) is 2. The number of aryl methyl sites for hydroxylation is 1. The zero-order valence-electron chi connectivity index (χ0n) is 18.2. The Labute approximate surface area is 196 Å². The molecule has 4 aromatic rings. The van der Waals surface area contributed by atoms with Crippen molar-refractivity contribution in [2.45, 2.75) is 26.3 Å². The monoisotopic (exact) mass is 481 g/mol. The number of thiazole rings is 1. The lowest BCUT2D eigenvalue weighted by Gasteiger charge is -2.16. The molecule has 33 heavy (non-hydrogen) atoms. The average molecular weight is 482 g/mol. The third-order valence-corrected chi connectivity index (χ3v) is 8.61. The number of benzene rings is 1. The van der Waals surface area contributed by atoms with Gasteiger partial charge in [-0.1, -0.05) is 0 Å². The molecule has 1 amide bonds. The molecule has 1 aromatic carbocycles. The predicted molar refractivity (Wildman–Crippen MR) is 129 cm³/mol. The zero-order valence-corrected chi connectivity index (χ0v) is 19.9. The molecule has 1 saturated heterocycles. The van der Waals surface area contributed by atoms with Crippen molar-refractivity contribution >= 4 is 32.8 Å². The Bertz CT molecular complexity index is 1410. The van der Waals surface area contributed by atoms with Crippen molar-refractivity contribution in [1.29, 1.82) is 0 Å². The van der Waals surface area contributed by atoms with Crippen LogP contribution in [0.3, 0.4) is 0 Å². The second kappa shape index (κ2) is 8.31. The summed E-state index contributed by atoms with van der Waals surface area (Å²) in [6.07, 6.45) is 2.12. The van der Waals surface area contributed by atoms with Crippen molar-refractivity contribution in [3.8, 4) is 21.8 Å². The lowest BCUT2D eigenvalue weighted by Crippen LogP contribution is -2.13. The molecule has 0 radical (unpaired) electrons. The van der Waals surface area contributed by atoms with Crippen LogP contribution in [0.2, 0.25) is 0 Å². The number of rotatable bonds is 5. The fourth-order valence-corrected chi connectivity index (χ4v) is 6.93. The van der Waals surface area contributed by atoms with Crippen LogP contribution in [0.25, 0.3) is 21.8 Å².